The first-order valence-electron chi connectivity index (χ1n) is 8.28. The Morgan fingerprint density at radius 1 is 1.17 bits per heavy atom. The smallest absolute Gasteiger partial charge is 0.307 e. The van der Waals surface area contributed by atoms with Crippen molar-refractivity contribution in [1.29, 1.82) is 0 Å². The molecule has 2 atom stereocenters. The Bertz CT molecular complexity index is 608. The van der Waals surface area contributed by atoms with Crippen molar-refractivity contribution in [1.82, 2.24) is 5.16 Å². The lowest BCUT2D eigenvalue weighted by Crippen LogP contribution is -2.49. The van der Waals surface area contributed by atoms with Crippen LogP contribution in [0.1, 0.15) is 52.2 Å². The Hall–Kier alpha value is -1.85. The molecule has 0 aliphatic heterocycles. The number of carboxylic acid groups (broad SMARTS) is 1. The molecule has 6 heteroatoms. The fourth-order valence-electron chi connectivity index (χ4n) is 4.08. The van der Waals surface area contributed by atoms with Crippen molar-refractivity contribution < 1.29 is 19.2 Å². The fourth-order valence-corrected chi connectivity index (χ4v) is 4.08. The van der Waals surface area contributed by atoms with Crippen LogP contribution in [0.5, 0.6) is 0 Å². The van der Waals surface area contributed by atoms with Crippen molar-refractivity contribution >= 4 is 17.7 Å². The lowest BCUT2D eigenvalue weighted by molar-refractivity contribution is -0.156. The molecule has 1 amide bonds. The van der Waals surface area contributed by atoms with E-state index in [1.54, 1.807) is 6.07 Å². The van der Waals surface area contributed by atoms with Crippen LogP contribution in [0.15, 0.2) is 10.6 Å². The average molecular weight is 320 g/mol. The number of carbonyl (C=O) groups excluding carboxylic acids is 1. The number of aromatic nitrogens is 1. The lowest BCUT2D eigenvalue weighted by atomic mass is 9.58. The minimum atomic E-state index is -0.852. The molecular formula is C17H24N2O4. The van der Waals surface area contributed by atoms with E-state index in [0.29, 0.717) is 11.6 Å². The molecule has 2 bridgehead atoms. The maximum absolute atomic E-state index is 12.7. The normalized spacial score (nSPS) is 30.2. The number of carbonyl (C=O) groups is 2. The van der Waals surface area contributed by atoms with Gasteiger partial charge < -0.3 is 14.9 Å². The molecule has 0 radical (unpaired) electrons. The minimum Gasteiger partial charge on any atom is -0.481 e. The second-order valence-corrected chi connectivity index (χ2v) is 7.88. The number of nitrogens with one attached hydrogen (secondary N) is 1. The highest BCUT2D eigenvalue weighted by atomic mass is 16.5. The first-order valence-corrected chi connectivity index (χ1v) is 8.28. The third-order valence-corrected chi connectivity index (χ3v) is 5.31. The van der Waals surface area contributed by atoms with E-state index in [2.05, 4.69) is 10.5 Å². The van der Waals surface area contributed by atoms with Crippen LogP contribution >= 0.6 is 0 Å². The van der Waals surface area contributed by atoms with Gasteiger partial charge in [-0.1, -0.05) is 25.9 Å². The predicted octanol–water partition coefficient (Wildman–Crippen LogP) is 3.05. The Morgan fingerprint density at radius 3 is 2.22 bits per heavy atom. The maximum atomic E-state index is 12.7. The number of hydrogen-bond acceptors (Lipinski definition) is 4. The molecule has 3 aliphatic carbocycles. The van der Waals surface area contributed by atoms with Crippen molar-refractivity contribution in [2.75, 3.05) is 5.32 Å². The topological polar surface area (TPSA) is 92.4 Å². The first kappa shape index (κ1) is 16.0. The zero-order valence-electron chi connectivity index (χ0n) is 13.8. The largest absolute Gasteiger partial charge is 0.481 e. The van der Waals surface area contributed by atoms with Crippen LogP contribution in [0.2, 0.25) is 0 Å². The lowest BCUT2D eigenvalue weighted by Gasteiger charge is -2.45. The number of amides is 1. The summed E-state index contributed by atoms with van der Waals surface area (Å²) >= 11 is 0. The van der Waals surface area contributed by atoms with Gasteiger partial charge in [-0.05, 0) is 37.5 Å². The summed E-state index contributed by atoms with van der Waals surface area (Å²) in [5.41, 5.74) is -0.191. The van der Waals surface area contributed by atoms with Gasteiger partial charge >= 0.3 is 5.97 Å². The molecule has 1 heterocycles. The van der Waals surface area contributed by atoms with Crippen LogP contribution in [0, 0.1) is 23.7 Å². The van der Waals surface area contributed by atoms with Crippen LogP contribution < -0.4 is 5.32 Å². The average Bonchev–Trinajstić information content (AvgIpc) is 2.96. The van der Waals surface area contributed by atoms with Gasteiger partial charge in [-0.25, -0.2) is 0 Å². The number of aliphatic carboxylic acids is 1. The quantitative estimate of drug-likeness (QED) is 0.893. The van der Waals surface area contributed by atoms with Gasteiger partial charge in [0.1, 0.15) is 5.76 Å². The van der Waals surface area contributed by atoms with Gasteiger partial charge in [0.15, 0.2) is 5.82 Å². The van der Waals surface area contributed by atoms with E-state index in [9.17, 15) is 14.7 Å². The van der Waals surface area contributed by atoms with Crippen molar-refractivity contribution in [2.45, 2.75) is 51.9 Å². The highest BCUT2D eigenvalue weighted by Gasteiger charge is 2.50. The van der Waals surface area contributed by atoms with Gasteiger partial charge in [0.2, 0.25) is 5.91 Å². The zero-order valence-corrected chi connectivity index (χ0v) is 13.8. The number of rotatable bonds is 3. The molecule has 1 aromatic heterocycles. The number of nitrogens with zero attached hydrogens (tertiary/aromatic N) is 1. The van der Waals surface area contributed by atoms with E-state index in [1.807, 2.05) is 20.8 Å². The summed E-state index contributed by atoms with van der Waals surface area (Å²) in [6.45, 7) is 6.00. The van der Waals surface area contributed by atoms with Gasteiger partial charge in [0, 0.05) is 11.5 Å². The molecule has 0 saturated heterocycles. The molecular weight excluding hydrogens is 296 g/mol. The van der Waals surface area contributed by atoms with E-state index in [0.717, 1.165) is 25.7 Å². The summed E-state index contributed by atoms with van der Waals surface area (Å²) in [4.78, 5) is 24.3. The molecule has 1 aromatic rings. The van der Waals surface area contributed by atoms with E-state index in [1.165, 1.54) is 0 Å². The number of fused-ring (bicyclic) bond motifs is 3. The Morgan fingerprint density at radius 2 is 1.74 bits per heavy atom. The SMILES string of the molecule is CC(C)(C)c1cc(NC(=O)[C@@H]2C3CCC(CC3)[C@@H]2C(=O)O)no1. The first-order chi connectivity index (χ1) is 10.8. The Balaban J connectivity index is 1.77. The molecule has 3 saturated carbocycles. The van der Waals surface area contributed by atoms with Gasteiger partial charge in [-0.3, -0.25) is 9.59 Å². The summed E-state index contributed by atoms with van der Waals surface area (Å²) in [5.74, 6) is -0.786. The van der Waals surface area contributed by atoms with Gasteiger partial charge in [0.25, 0.3) is 0 Å². The fraction of sp³-hybridized carbons (Fsp3) is 0.706. The molecule has 4 rings (SSSR count). The van der Waals surface area contributed by atoms with Gasteiger partial charge in [-0.2, -0.15) is 0 Å². The van der Waals surface area contributed by atoms with Crippen LogP contribution in [0.4, 0.5) is 5.82 Å². The predicted molar refractivity (Wildman–Crippen MR) is 83.9 cm³/mol. The van der Waals surface area contributed by atoms with Gasteiger partial charge in [-0.15, -0.1) is 0 Å². The van der Waals surface area contributed by atoms with Crippen molar-refractivity contribution in [3.63, 3.8) is 0 Å². The number of carboxylic acids is 1. The monoisotopic (exact) mass is 320 g/mol. The maximum Gasteiger partial charge on any atom is 0.307 e. The third kappa shape index (κ3) is 2.99. The summed E-state index contributed by atoms with van der Waals surface area (Å²) in [6, 6.07) is 1.72. The molecule has 23 heavy (non-hydrogen) atoms. The Kier molecular flexibility index (Phi) is 3.94. The highest BCUT2D eigenvalue weighted by Crippen LogP contribution is 2.49. The van der Waals surface area contributed by atoms with Crippen molar-refractivity contribution in [3.05, 3.63) is 11.8 Å². The van der Waals surface area contributed by atoms with E-state index < -0.39 is 17.8 Å². The second-order valence-electron chi connectivity index (χ2n) is 7.88. The highest BCUT2D eigenvalue weighted by molar-refractivity contribution is 5.95. The molecule has 0 spiro atoms. The van der Waals surface area contributed by atoms with Crippen LogP contribution in [0.25, 0.3) is 0 Å². The Labute approximate surface area is 135 Å². The summed E-state index contributed by atoms with van der Waals surface area (Å²) in [6.07, 6.45) is 3.73. The van der Waals surface area contributed by atoms with Crippen molar-refractivity contribution in [2.24, 2.45) is 23.7 Å². The third-order valence-electron chi connectivity index (χ3n) is 5.31. The zero-order chi connectivity index (χ0) is 16.8. The number of anilines is 1. The molecule has 3 aliphatic rings. The molecule has 3 fully saturated rings. The van der Waals surface area contributed by atoms with Crippen LogP contribution in [-0.4, -0.2) is 22.1 Å². The van der Waals surface area contributed by atoms with E-state index >= 15 is 0 Å². The van der Waals surface area contributed by atoms with Crippen molar-refractivity contribution in [3.8, 4) is 0 Å². The second kappa shape index (κ2) is 5.65. The molecule has 126 valence electrons. The van der Waals surface area contributed by atoms with Crippen LogP contribution in [0.3, 0.4) is 0 Å². The van der Waals surface area contributed by atoms with E-state index in [4.69, 9.17) is 4.52 Å². The van der Waals surface area contributed by atoms with Crippen LogP contribution in [-0.2, 0) is 15.0 Å². The summed E-state index contributed by atoms with van der Waals surface area (Å²) in [5, 5.41) is 16.2. The summed E-state index contributed by atoms with van der Waals surface area (Å²) < 4.78 is 5.27. The van der Waals surface area contributed by atoms with Gasteiger partial charge in [0.05, 0.1) is 11.8 Å². The number of hydrogen-bond donors (Lipinski definition) is 2. The molecule has 0 unspecified atom stereocenters. The molecule has 2 N–H and O–H groups in total. The standard InChI is InChI=1S/C17H24N2O4/c1-17(2,3)11-8-12(19-23-11)18-15(20)13-9-4-6-10(7-5-9)14(13)16(21)22/h8-10,13-14H,4-7H2,1-3H3,(H,21,22)(H,18,19,20)/t9?,10?,13-,14+/m1/s1. The van der Waals surface area contributed by atoms with E-state index in [-0.39, 0.29) is 23.2 Å². The summed E-state index contributed by atoms with van der Waals surface area (Å²) in [7, 11) is 0. The minimum absolute atomic E-state index is 0.121. The molecule has 0 aromatic carbocycles. The molecule has 6 nitrogen and oxygen atoms in total.